The van der Waals surface area contributed by atoms with E-state index in [1.165, 1.54) is 0 Å². The van der Waals surface area contributed by atoms with Gasteiger partial charge in [-0.05, 0) is 0 Å². The molecule has 0 aliphatic rings. The topological polar surface area (TPSA) is 0 Å². The maximum Gasteiger partial charge on any atom is 0 e. The molecule has 0 N–H and O–H groups in total. The molecule has 0 nitrogen and oxygen atoms in total. The fraction of sp³-hybridized carbons (Fsp3) is 0. The van der Waals surface area contributed by atoms with Gasteiger partial charge < -0.3 is 0 Å². The second-order valence-corrected chi connectivity index (χ2v) is 0. The molecular formula is Pd4Zr3. The van der Waals surface area contributed by atoms with E-state index in [1.54, 1.807) is 0 Å². The molecule has 0 amide bonds. The van der Waals surface area contributed by atoms with Crippen LogP contribution in [0, 0.1) is 0 Å². The molecule has 0 aromatic rings. The maximum atomic E-state index is 0. The second kappa shape index (κ2) is 42.7. The first-order chi connectivity index (χ1) is 0. The summed E-state index contributed by atoms with van der Waals surface area (Å²) >= 11 is 0. The molecule has 7 heavy (non-hydrogen) atoms. The van der Waals surface area contributed by atoms with E-state index in [0.717, 1.165) is 0 Å². The predicted octanol–water partition coefficient (Wildman–Crippen LogP) is -0.0175. The van der Waals surface area contributed by atoms with E-state index < -0.39 is 0 Å². The van der Waals surface area contributed by atoms with Crippen LogP contribution >= 0.6 is 0 Å². The first-order valence-corrected chi connectivity index (χ1v) is 0. The molecule has 0 saturated carbocycles. The van der Waals surface area contributed by atoms with Crippen molar-refractivity contribution in [3.05, 3.63) is 0 Å². The molecule has 0 rings (SSSR count). The molecule has 0 aliphatic carbocycles. The Kier molecular flexibility index (Phi) is 341. The molecular weight excluding hydrogens is 699 g/mol. The van der Waals surface area contributed by atoms with Gasteiger partial charge >= 0.3 is 0 Å². The van der Waals surface area contributed by atoms with Gasteiger partial charge in [0.25, 0.3) is 0 Å². The quantitative estimate of drug-likeness (QED) is 0.313. The molecule has 0 aromatic heterocycles. The van der Waals surface area contributed by atoms with Gasteiger partial charge in [0.15, 0.2) is 0 Å². The Hall–Kier alpha value is 5.30. The SMILES string of the molecule is [Pd].[Pd].[Pd].[Pd].[Zr].[Zr].[Zr]. The van der Waals surface area contributed by atoms with Gasteiger partial charge in [-0.1, -0.05) is 0 Å². The average Bonchev–Trinajstić information content (AvgIpc) is 0. The van der Waals surface area contributed by atoms with Crippen LogP contribution in [0.3, 0.4) is 0 Å². The van der Waals surface area contributed by atoms with Crippen molar-refractivity contribution < 1.29 is 160 Å². The molecule has 52 valence electrons. The largest absolute Gasteiger partial charge is 0 e. The van der Waals surface area contributed by atoms with E-state index >= 15 is 0 Å². The minimum absolute atomic E-state index is 0. The van der Waals surface area contributed by atoms with Gasteiger partial charge in [0.2, 0.25) is 0 Å². The number of hydrogen-bond donors (Lipinski definition) is 0. The van der Waals surface area contributed by atoms with Crippen molar-refractivity contribution in [1.29, 1.82) is 0 Å². The van der Waals surface area contributed by atoms with Crippen LogP contribution < -0.4 is 0 Å². The molecule has 7 heteroatoms. The van der Waals surface area contributed by atoms with Gasteiger partial charge in [0.05, 0.1) is 0 Å². The van der Waals surface area contributed by atoms with Crippen LogP contribution in [0.25, 0.3) is 0 Å². The zero-order valence-electron chi connectivity index (χ0n) is 2.76. The van der Waals surface area contributed by atoms with Gasteiger partial charge in [-0.2, -0.15) is 0 Å². The molecule has 0 atom stereocenters. The van der Waals surface area contributed by atoms with Gasteiger partial charge in [-0.25, -0.2) is 0 Å². The molecule has 0 saturated heterocycles. The Morgan fingerprint density at radius 2 is 0.286 bits per heavy atom. The Balaban J connectivity index is 0. The summed E-state index contributed by atoms with van der Waals surface area (Å²) in [6.07, 6.45) is 0. The first-order valence-electron chi connectivity index (χ1n) is 0. The maximum absolute atomic E-state index is 0. The third kappa shape index (κ3) is 34.8. The van der Waals surface area contributed by atoms with Crippen LogP contribution in [0.15, 0.2) is 0 Å². The molecule has 0 fully saturated rings. The van der Waals surface area contributed by atoms with Crippen LogP contribution in [0.4, 0.5) is 0 Å². The minimum Gasteiger partial charge on any atom is 0 e. The van der Waals surface area contributed by atoms with E-state index in [2.05, 4.69) is 0 Å². The minimum atomic E-state index is 0. The molecule has 0 aliphatic heterocycles. The van der Waals surface area contributed by atoms with Crippen molar-refractivity contribution in [2.24, 2.45) is 0 Å². The van der Waals surface area contributed by atoms with E-state index in [1.807, 2.05) is 0 Å². The molecule has 0 radical (unpaired) electrons. The third-order valence-corrected chi connectivity index (χ3v) is 0. The van der Waals surface area contributed by atoms with E-state index in [-0.39, 0.29) is 160 Å². The van der Waals surface area contributed by atoms with Crippen LogP contribution in [0.1, 0.15) is 0 Å². The van der Waals surface area contributed by atoms with Crippen molar-refractivity contribution in [3.8, 4) is 0 Å². The molecule has 0 bridgehead atoms. The summed E-state index contributed by atoms with van der Waals surface area (Å²) < 4.78 is 0. The predicted molar refractivity (Wildman–Crippen MR) is 0 cm³/mol. The van der Waals surface area contributed by atoms with Crippen molar-refractivity contribution in [2.45, 2.75) is 0 Å². The van der Waals surface area contributed by atoms with Crippen molar-refractivity contribution >= 4 is 0 Å². The van der Waals surface area contributed by atoms with Gasteiger partial charge in [0.1, 0.15) is 0 Å². The van der Waals surface area contributed by atoms with Crippen LogP contribution in [0.5, 0.6) is 0 Å². The number of hydrogen-bond acceptors (Lipinski definition) is 0. The molecule has 0 aromatic carbocycles. The Morgan fingerprint density at radius 1 is 0.286 bits per heavy atom. The molecule has 0 heterocycles. The summed E-state index contributed by atoms with van der Waals surface area (Å²) in [7, 11) is 0. The van der Waals surface area contributed by atoms with Gasteiger partial charge in [0, 0.05) is 160 Å². The fourth-order valence-corrected chi connectivity index (χ4v) is 0. The normalized spacial score (nSPS) is 0. The first kappa shape index (κ1) is 55.9. The summed E-state index contributed by atoms with van der Waals surface area (Å²) in [6, 6.07) is 0. The van der Waals surface area contributed by atoms with Crippen molar-refractivity contribution in [1.82, 2.24) is 0 Å². The molecule has 0 unspecified atom stereocenters. The zero-order chi connectivity index (χ0) is 0. The Bertz CT molecular complexity index is 6.90. The van der Waals surface area contributed by atoms with Crippen LogP contribution in [-0.2, 0) is 160 Å². The van der Waals surface area contributed by atoms with Crippen LogP contribution in [-0.4, -0.2) is 0 Å². The summed E-state index contributed by atoms with van der Waals surface area (Å²) in [5, 5.41) is 0. The fourth-order valence-electron chi connectivity index (χ4n) is 0. The summed E-state index contributed by atoms with van der Waals surface area (Å²) in [5.74, 6) is 0. The van der Waals surface area contributed by atoms with E-state index in [4.69, 9.17) is 0 Å². The van der Waals surface area contributed by atoms with Crippen LogP contribution in [0.2, 0.25) is 0 Å². The number of rotatable bonds is 0. The van der Waals surface area contributed by atoms with E-state index in [0.29, 0.717) is 0 Å². The second-order valence-electron chi connectivity index (χ2n) is 0. The van der Waals surface area contributed by atoms with E-state index in [9.17, 15) is 0 Å². The summed E-state index contributed by atoms with van der Waals surface area (Å²) in [6.45, 7) is 0. The average molecular weight is 699 g/mol. The van der Waals surface area contributed by atoms with Crippen molar-refractivity contribution in [3.63, 3.8) is 0 Å². The Morgan fingerprint density at radius 3 is 0.286 bits per heavy atom. The van der Waals surface area contributed by atoms with Gasteiger partial charge in [-0.15, -0.1) is 0 Å². The Labute approximate surface area is 156 Å². The summed E-state index contributed by atoms with van der Waals surface area (Å²) in [5.41, 5.74) is 0. The summed E-state index contributed by atoms with van der Waals surface area (Å²) in [4.78, 5) is 0. The standard InChI is InChI=1S/4Pd.3Zr. The zero-order valence-corrected chi connectivity index (χ0v) is 16.4. The van der Waals surface area contributed by atoms with Crippen molar-refractivity contribution in [2.75, 3.05) is 0 Å². The van der Waals surface area contributed by atoms with Gasteiger partial charge in [-0.3, -0.25) is 0 Å². The molecule has 0 spiro atoms. The smallest absolute Gasteiger partial charge is 0 e. The monoisotopic (exact) mass is 693 g/mol. The third-order valence-electron chi connectivity index (χ3n) is 0.